The molecule has 144 valence electrons. The van der Waals surface area contributed by atoms with E-state index in [1.807, 2.05) is 24.4 Å². The zero-order valence-corrected chi connectivity index (χ0v) is 15.6. The number of pyridine rings is 1. The quantitative estimate of drug-likeness (QED) is 0.434. The van der Waals surface area contributed by atoms with E-state index in [1.165, 1.54) is 0 Å². The molecule has 3 rings (SSSR count). The standard InChI is InChI=1S/C16H18ClN5O2.CH2O2/c1-10-12(8-19-21(10)2)15-16(18-7-3-4-14(23)24)22-9-11(17)5-6-13(22)20-15;2-1-3/h5-6,8-9,18H,3-4,7H2,1-2H3,(H,23,24);1H,(H,2,3). The summed E-state index contributed by atoms with van der Waals surface area (Å²) in [5.41, 5.74) is 3.47. The highest BCUT2D eigenvalue weighted by Crippen LogP contribution is 2.31. The number of carboxylic acids is 1. The molecule has 0 atom stereocenters. The first-order chi connectivity index (χ1) is 12.9. The molecule has 9 nitrogen and oxygen atoms in total. The van der Waals surface area contributed by atoms with Crippen LogP contribution in [0.25, 0.3) is 16.9 Å². The molecule has 0 amide bonds. The van der Waals surface area contributed by atoms with Crippen LogP contribution in [0.2, 0.25) is 5.02 Å². The van der Waals surface area contributed by atoms with E-state index in [0.29, 0.717) is 18.0 Å². The molecule has 0 fully saturated rings. The smallest absolute Gasteiger partial charge is 0.303 e. The maximum atomic E-state index is 10.7. The second-order valence-electron chi connectivity index (χ2n) is 5.68. The second-order valence-corrected chi connectivity index (χ2v) is 6.12. The Bertz CT molecular complexity index is 950. The van der Waals surface area contributed by atoms with Gasteiger partial charge in [-0.1, -0.05) is 11.6 Å². The highest BCUT2D eigenvalue weighted by molar-refractivity contribution is 6.30. The lowest BCUT2D eigenvalue weighted by Gasteiger charge is -2.08. The number of halogens is 1. The van der Waals surface area contributed by atoms with Gasteiger partial charge in [-0.15, -0.1) is 0 Å². The fourth-order valence-corrected chi connectivity index (χ4v) is 2.71. The number of aromatic nitrogens is 4. The molecule has 10 heteroatoms. The normalized spacial score (nSPS) is 10.3. The minimum atomic E-state index is -0.804. The molecule has 0 aliphatic heterocycles. The Morgan fingerprint density at radius 3 is 2.70 bits per heavy atom. The van der Waals surface area contributed by atoms with E-state index in [9.17, 15) is 4.79 Å². The zero-order valence-electron chi connectivity index (χ0n) is 14.9. The van der Waals surface area contributed by atoms with Crippen molar-refractivity contribution in [1.29, 1.82) is 0 Å². The van der Waals surface area contributed by atoms with Gasteiger partial charge in [-0.25, -0.2) is 4.98 Å². The Morgan fingerprint density at radius 1 is 1.41 bits per heavy atom. The van der Waals surface area contributed by atoms with Crippen LogP contribution in [0.4, 0.5) is 5.82 Å². The molecular formula is C17H20ClN5O4. The lowest BCUT2D eigenvalue weighted by atomic mass is 10.2. The molecule has 0 unspecified atom stereocenters. The van der Waals surface area contributed by atoms with Gasteiger partial charge in [-0.05, 0) is 25.5 Å². The molecule has 0 bridgehead atoms. The number of rotatable bonds is 6. The fourth-order valence-electron chi connectivity index (χ4n) is 2.55. The third-order valence-electron chi connectivity index (χ3n) is 3.93. The van der Waals surface area contributed by atoms with Crippen molar-refractivity contribution in [3.05, 3.63) is 35.2 Å². The molecule has 0 saturated heterocycles. The van der Waals surface area contributed by atoms with E-state index in [1.54, 1.807) is 23.1 Å². The summed E-state index contributed by atoms with van der Waals surface area (Å²) in [5, 5.41) is 23.8. The summed E-state index contributed by atoms with van der Waals surface area (Å²) in [7, 11) is 1.88. The number of nitrogens with one attached hydrogen (secondary N) is 1. The highest BCUT2D eigenvalue weighted by atomic mass is 35.5. The Kier molecular flexibility index (Phi) is 6.78. The van der Waals surface area contributed by atoms with Crippen LogP contribution >= 0.6 is 11.6 Å². The van der Waals surface area contributed by atoms with Crippen LogP contribution in [0.15, 0.2) is 24.5 Å². The van der Waals surface area contributed by atoms with E-state index >= 15 is 0 Å². The summed E-state index contributed by atoms with van der Waals surface area (Å²) >= 11 is 6.11. The van der Waals surface area contributed by atoms with E-state index < -0.39 is 5.97 Å². The zero-order chi connectivity index (χ0) is 20.0. The molecule has 3 aromatic rings. The molecule has 0 saturated carbocycles. The van der Waals surface area contributed by atoms with Gasteiger partial charge in [-0.2, -0.15) is 5.10 Å². The van der Waals surface area contributed by atoms with Crippen molar-refractivity contribution in [3.8, 4) is 11.3 Å². The largest absolute Gasteiger partial charge is 0.483 e. The second kappa shape index (κ2) is 9.04. The van der Waals surface area contributed by atoms with Crippen LogP contribution in [0.3, 0.4) is 0 Å². The van der Waals surface area contributed by atoms with E-state index in [4.69, 9.17) is 26.6 Å². The Morgan fingerprint density at radius 2 is 2.11 bits per heavy atom. The van der Waals surface area contributed by atoms with E-state index in [-0.39, 0.29) is 12.9 Å². The number of hydrogen-bond donors (Lipinski definition) is 3. The Balaban J connectivity index is 0.000000817. The average Bonchev–Trinajstić information content (AvgIpc) is 3.12. The lowest BCUT2D eigenvalue weighted by molar-refractivity contribution is -0.137. The number of hydrogen-bond acceptors (Lipinski definition) is 5. The number of fused-ring (bicyclic) bond motifs is 1. The van der Waals surface area contributed by atoms with Crippen LogP contribution in [0.1, 0.15) is 18.5 Å². The molecule has 0 aliphatic carbocycles. The lowest BCUT2D eigenvalue weighted by Crippen LogP contribution is -2.07. The first-order valence-electron chi connectivity index (χ1n) is 8.09. The van der Waals surface area contributed by atoms with Gasteiger partial charge in [0.05, 0.1) is 11.2 Å². The topological polar surface area (TPSA) is 122 Å². The van der Waals surface area contributed by atoms with Gasteiger partial charge in [-0.3, -0.25) is 18.7 Å². The van der Waals surface area contributed by atoms with Crippen molar-refractivity contribution in [2.75, 3.05) is 11.9 Å². The number of aliphatic carboxylic acids is 1. The van der Waals surface area contributed by atoms with Gasteiger partial charge in [0.15, 0.2) is 0 Å². The van der Waals surface area contributed by atoms with Crippen LogP contribution in [0, 0.1) is 6.92 Å². The molecule has 3 N–H and O–H groups in total. The van der Waals surface area contributed by atoms with Gasteiger partial charge >= 0.3 is 5.97 Å². The average molecular weight is 394 g/mol. The van der Waals surface area contributed by atoms with E-state index in [2.05, 4.69) is 15.4 Å². The maximum absolute atomic E-state index is 10.7. The SMILES string of the molecule is Cc1c(-c2nc3ccc(Cl)cn3c2NCCCC(=O)O)cnn1C.O=CO. The minimum Gasteiger partial charge on any atom is -0.483 e. The van der Waals surface area contributed by atoms with Crippen LogP contribution in [-0.4, -0.2) is 48.4 Å². The van der Waals surface area contributed by atoms with E-state index in [0.717, 1.165) is 28.4 Å². The maximum Gasteiger partial charge on any atom is 0.303 e. The van der Waals surface area contributed by atoms with Crippen molar-refractivity contribution >= 4 is 35.5 Å². The van der Waals surface area contributed by atoms with Gasteiger partial charge in [0.2, 0.25) is 0 Å². The number of nitrogens with zero attached hydrogens (tertiary/aromatic N) is 4. The molecule has 0 spiro atoms. The van der Waals surface area contributed by atoms with Gasteiger partial charge in [0.1, 0.15) is 17.2 Å². The molecular weight excluding hydrogens is 374 g/mol. The summed E-state index contributed by atoms with van der Waals surface area (Å²) in [5.74, 6) is -0.0182. The Labute approximate surface area is 160 Å². The highest BCUT2D eigenvalue weighted by Gasteiger charge is 2.18. The molecule has 3 heterocycles. The molecule has 0 aliphatic rings. The Hall–Kier alpha value is -3.07. The summed E-state index contributed by atoms with van der Waals surface area (Å²) in [6.45, 7) is 2.26. The summed E-state index contributed by atoms with van der Waals surface area (Å²) < 4.78 is 3.67. The minimum absolute atomic E-state index is 0.117. The van der Waals surface area contributed by atoms with Gasteiger partial charge < -0.3 is 15.5 Å². The first kappa shape index (κ1) is 20.2. The third kappa shape index (κ3) is 4.76. The molecule has 0 radical (unpaired) electrons. The molecule has 3 aromatic heterocycles. The van der Waals surface area contributed by atoms with Crippen molar-refractivity contribution in [1.82, 2.24) is 19.2 Å². The van der Waals surface area contributed by atoms with Crippen molar-refractivity contribution in [2.24, 2.45) is 7.05 Å². The summed E-state index contributed by atoms with van der Waals surface area (Å²) in [6, 6.07) is 3.64. The summed E-state index contributed by atoms with van der Waals surface area (Å²) in [6.07, 6.45) is 4.21. The number of anilines is 1. The van der Waals surface area contributed by atoms with Crippen LogP contribution in [0.5, 0.6) is 0 Å². The van der Waals surface area contributed by atoms with Crippen LogP contribution < -0.4 is 5.32 Å². The molecule has 27 heavy (non-hydrogen) atoms. The predicted octanol–water partition coefficient (Wildman–Crippen LogP) is 2.67. The number of carbonyl (C=O) groups is 2. The van der Waals surface area contributed by atoms with Crippen molar-refractivity contribution < 1.29 is 19.8 Å². The third-order valence-corrected chi connectivity index (χ3v) is 4.16. The fraction of sp³-hybridized carbons (Fsp3) is 0.294. The van der Waals surface area contributed by atoms with Crippen molar-refractivity contribution in [2.45, 2.75) is 19.8 Å². The predicted molar refractivity (Wildman–Crippen MR) is 101 cm³/mol. The summed E-state index contributed by atoms with van der Waals surface area (Å²) in [4.78, 5) is 23.7. The van der Waals surface area contributed by atoms with Gasteiger partial charge in [0, 0.05) is 37.5 Å². The van der Waals surface area contributed by atoms with Crippen LogP contribution in [-0.2, 0) is 16.6 Å². The number of aryl methyl sites for hydroxylation is 1. The van der Waals surface area contributed by atoms with Crippen molar-refractivity contribution in [3.63, 3.8) is 0 Å². The number of imidazole rings is 1. The number of carboxylic acid groups (broad SMARTS) is 2. The first-order valence-corrected chi connectivity index (χ1v) is 8.47. The molecule has 0 aromatic carbocycles. The van der Waals surface area contributed by atoms with Gasteiger partial charge in [0.25, 0.3) is 6.47 Å². The monoisotopic (exact) mass is 393 g/mol.